The summed E-state index contributed by atoms with van der Waals surface area (Å²) < 4.78 is 0. The molecule has 0 bridgehead atoms. The van der Waals surface area contributed by atoms with Crippen LogP contribution < -0.4 is 15.5 Å². The van der Waals surface area contributed by atoms with E-state index in [1.54, 1.807) is 12.1 Å². The van der Waals surface area contributed by atoms with Crippen LogP contribution in [0.2, 0.25) is 0 Å². The zero-order chi connectivity index (χ0) is 11.8. The summed E-state index contributed by atoms with van der Waals surface area (Å²) in [6, 6.07) is 5.49. The molecule has 1 aromatic carbocycles. The first-order valence-electron chi connectivity index (χ1n) is 5.84. The molecule has 90 valence electrons. The van der Waals surface area contributed by atoms with Crippen LogP contribution >= 0.6 is 0 Å². The van der Waals surface area contributed by atoms with Crippen molar-refractivity contribution in [3.8, 4) is 5.75 Å². The Morgan fingerprint density at radius 1 is 1.41 bits per heavy atom. The summed E-state index contributed by atoms with van der Waals surface area (Å²) in [5.41, 5.74) is 1.70. The van der Waals surface area contributed by atoms with Crippen LogP contribution in [0.5, 0.6) is 5.75 Å². The maximum absolute atomic E-state index is 11.6. The predicted octanol–water partition coefficient (Wildman–Crippen LogP) is 0.513. The van der Waals surface area contributed by atoms with Gasteiger partial charge in [0.05, 0.1) is 17.9 Å². The maximum atomic E-state index is 11.6. The van der Waals surface area contributed by atoms with Gasteiger partial charge in [-0.3, -0.25) is 4.79 Å². The summed E-state index contributed by atoms with van der Waals surface area (Å²) in [5.74, 6) is 0.158. The van der Waals surface area contributed by atoms with E-state index in [0.717, 1.165) is 25.2 Å². The molecule has 1 atom stereocenters. The third-order valence-electron chi connectivity index (χ3n) is 3.35. The number of fused-ring (bicyclic) bond motifs is 1. The average Bonchev–Trinajstić information content (AvgIpc) is 2.80. The normalized spacial score (nSPS) is 23.4. The summed E-state index contributed by atoms with van der Waals surface area (Å²) in [7, 11) is 0. The number of nitrogens with zero attached hydrogens (tertiary/aromatic N) is 1. The van der Waals surface area contributed by atoms with Crippen molar-refractivity contribution in [2.75, 3.05) is 29.9 Å². The monoisotopic (exact) mass is 233 g/mol. The second-order valence-electron chi connectivity index (χ2n) is 4.52. The molecule has 2 heterocycles. The van der Waals surface area contributed by atoms with Crippen LogP contribution in [0.3, 0.4) is 0 Å². The molecule has 0 spiro atoms. The van der Waals surface area contributed by atoms with Crippen molar-refractivity contribution in [1.29, 1.82) is 0 Å². The molecule has 2 aliphatic heterocycles. The Balaban J connectivity index is 1.98. The average molecular weight is 233 g/mol. The van der Waals surface area contributed by atoms with Crippen LogP contribution in [-0.2, 0) is 4.79 Å². The third-order valence-corrected chi connectivity index (χ3v) is 3.35. The van der Waals surface area contributed by atoms with Crippen molar-refractivity contribution < 1.29 is 9.90 Å². The Morgan fingerprint density at radius 2 is 2.29 bits per heavy atom. The van der Waals surface area contributed by atoms with Gasteiger partial charge >= 0.3 is 0 Å². The second kappa shape index (κ2) is 3.92. The van der Waals surface area contributed by atoms with Crippen LogP contribution in [0.1, 0.15) is 6.42 Å². The highest BCUT2D eigenvalue weighted by molar-refractivity contribution is 6.01. The Morgan fingerprint density at radius 3 is 3.06 bits per heavy atom. The van der Waals surface area contributed by atoms with Crippen LogP contribution in [0.25, 0.3) is 0 Å². The molecule has 5 heteroatoms. The quantitative estimate of drug-likeness (QED) is 0.661. The van der Waals surface area contributed by atoms with Crippen molar-refractivity contribution >= 4 is 17.3 Å². The van der Waals surface area contributed by atoms with Gasteiger partial charge in [0.1, 0.15) is 5.75 Å². The molecule has 0 saturated carbocycles. The minimum atomic E-state index is -0.0185. The van der Waals surface area contributed by atoms with Crippen LogP contribution in [0.15, 0.2) is 18.2 Å². The molecule has 1 unspecified atom stereocenters. The molecule has 1 aromatic rings. The van der Waals surface area contributed by atoms with Crippen LogP contribution in [-0.4, -0.2) is 36.7 Å². The summed E-state index contributed by atoms with van der Waals surface area (Å²) >= 11 is 0. The van der Waals surface area contributed by atoms with Gasteiger partial charge in [-0.05, 0) is 25.1 Å². The minimum Gasteiger partial charge on any atom is -0.508 e. The van der Waals surface area contributed by atoms with Gasteiger partial charge in [-0.2, -0.15) is 0 Å². The number of benzene rings is 1. The van der Waals surface area contributed by atoms with E-state index in [4.69, 9.17) is 0 Å². The molecule has 17 heavy (non-hydrogen) atoms. The fraction of sp³-hybridized carbons (Fsp3) is 0.417. The topological polar surface area (TPSA) is 64.6 Å². The van der Waals surface area contributed by atoms with E-state index in [-0.39, 0.29) is 11.7 Å². The lowest BCUT2D eigenvalue weighted by molar-refractivity contribution is -0.115. The van der Waals surface area contributed by atoms with Gasteiger partial charge in [-0.15, -0.1) is 0 Å². The number of aromatic hydroxyl groups is 1. The molecular weight excluding hydrogens is 218 g/mol. The smallest absolute Gasteiger partial charge is 0.243 e. The molecule has 3 rings (SSSR count). The molecular formula is C12H15N3O2. The molecule has 5 nitrogen and oxygen atoms in total. The Bertz CT molecular complexity index is 455. The lowest BCUT2D eigenvalue weighted by atomic mass is 10.1. The van der Waals surface area contributed by atoms with E-state index < -0.39 is 0 Å². The molecule has 1 amide bonds. The number of rotatable bonds is 1. The minimum absolute atomic E-state index is 0.0185. The zero-order valence-corrected chi connectivity index (χ0v) is 9.44. The first-order chi connectivity index (χ1) is 8.24. The number of carbonyl (C=O) groups is 1. The van der Waals surface area contributed by atoms with E-state index in [1.165, 1.54) is 0 Å². The number of hydrogen-bond donors (Lipinski definition) is 3. The van der Waals surface area contributed by atoms with Gasteiger partial charge in [-0.1, -0.05) is 0 Å². The molecule has 3 N–H and O–H groups in total. The molecule has 2 aliphatic rings. The van der Waals surface area contributed by atoms with Gasteiger partial charge in [0.15, 0.2) is 0 Å². The number of phenolic OH excluding ortho intramolecular Hbond substituents is 1. The maximum Gasteiger partial charge on any atom is 0.243 e. The van der Waals surface area contributed by atoms with E-state index in [2.05, 4.69) is 15.5 Å². The summed E-state index contributed by atoms with van der Waals surface area (Å²) in [6.07, 6.45) is 1.05. The first-order valence-corrected chi connectivity index (χ1v) is 5.84. The predicted molar refractivity (Wildman–Crippen MR) is 65.4 cm³/mol. The number of phenols is 1. The van der Waals surface area contributed by atoms with E-state index in [9.17, 15) is 9.90 Å². The highest BCUT2D eigenvalue weighted by Gasteiger charge is 2.29. The van der Waals surface area contributed by atoms with Crippen molar-refractivity contribution in [2.24, 2.45) is 0 Å². The van der Waals surface area contributed by atoms with Gasteiger partial charge in [-0.25, -0.2) is 0 Å². The van der Waals surface area contributed by atoms with Crippen molar-refractivity contribution in [3.63, 3.8) is 0 Å². The van der Waals surface area contributed by atoms with Crippen molar-refractivity contribution in [3.05, 3.63) is 18.2 Å². The van der Waals surface area contributed by atoms with Crippen molar-refractivity contribution in [2.45, 2.75) is 12.5 Å². The summed E-state index contributed by atoms with van der Waals surface area (Å²) in [5, 5.41) is 15.5. The number of hydrogen-bond acceptors (Lipinski definition) is 4. The fourth-order valence-electron chi connectivity index (χ4n) is 2.54. The van der Waals surface area contributed by atoms with Gasteiger partial charge < -0.3 is 20.6 Å². The molecule has 0 aliphatic carbocycles. The summed E-state index contributed by atoms with van der Waals surface area (Å²) in [4.78, 5) is 13.8. The summed E-state index contributed by atoms with van der Waals surface area (Å²) in [6.45, 7) is 2.30. The number of nitrogens with one attached hydrogen (secondary N) is 2. The SMILES string of the molecule is O=C1CN(C2CCNC2)c2ccc(O)cc2N1. The van der Waals surface area contributed by atoms with Crippen molar-refractivity contribution in [1.82, 2.24) is 5.32 Å². The van der Waals surface area contributed by atoms with Crippen LogP contribution in [0, 0.1) is 0 Å². The van der Waals surface area contributed by atoms with E-state index in [1.807, 2.05) is 6.07 Å². The number of anilines is 2. The van der Waals surface area contributed by atoms with Crippen LogP contribution in [0.4, 0.5) is 11.4 Å². The Kier molecular flexibility index (Phi) is 2.40. The highest BCUT2D eigenvalue weighted by atomic mass is 16.3. The molecule has 1 saturated heterocycles. The molecule has 1 fully saturated rings. The van der Waals surface area contributed by atoms with E-state index >= 15 is 0 Å². The molecule has 0 aromatic heterocycles. The largest absolute Gasteiger partial charge is 0.508 e. The molecule has 0 radical (unpaired) electrons. The zero-order valence-electron chi connectivity index (χ0n) is 9.44. The van der Waals surface area contributed by atoms with Gasteiger partial charge in [0.2, 0.25) is 5.91 Å². The third kappa shape index (κ3) is 1.82. The lowest BCUT2D eigenvalue weighted by Gasteiger charge is -2.35. The first kappa shape index (κ1) is 10.4. The van der Waals surface area contributed by atoms with E-state index in [0.29, 0.717) is 18.3 Å². The Hall–Kier alpha value is -1.75. The highest BCUT2D eigenvalue weighted by Crippen LogP contribution is 2.34. The lowest BCUT2D eigenvalue weighted by Crippen LogP contribution is -2.45. The standard InChI is InChI=1S/C12H15N3O2/c16-9-1-2-11-10(5-9)14-12(17)7-15(11)8-3-4-13-6-8/h1-2,5,8,13,16H,3-4,6-7H2,(H,14,17). The number of amides is 1. The fourth-order valence-corrected chi connectivity index (χ4v) is 2.54. The second-order valence-corrected chi connectivity index (χ2v) is 4.52. The van der Waals surface area contributed by atoms with Gasteiger partial charge in [0.25, 0.3) is 0 Å². The number of carbonyl (C=O) groups excluding carboxylic acids is 1. The van der Waals surface area contributed by atoms with Gasteiger partial charge in [0, 0.05) is 18.7 Å². The Labute approximate surface area is 99.4 Å².